The van der Waals surface area contributed by atoms with Crippen molar-refractivity contribution in [2.75, 3.05) is 0 Å². The lowest BCUT2D eigenvalue weighted by molar-refractivity contribution is 0.154. The lowest BCUT2D eigenvalue weighted by Gasteiger charge is -2.23. The van der Waals surface area contributed by atoms with Crippen LogP contribution in [0.5, 0.6) is 5.75 Å². The number of aromatic amines is 1. The number of hydrazone groups is 1. The largest absolute Gasteiger partial charge is 0.489 e. The molecule has 1 saturated carbocycles. The molecule has 7 rings (SSSR count). The SMILES string of the molecule is Fc1ccc(-c2cncc3[nH]c(C4=NNCc5ccc(-c6cncc(OC7CCCCC7)c6)nc54)nc23)cc1. The van der Waals surface area contributed by atoms with Gasteiger partial charge in [0, 0.05) is 29.1 Å². The average molecular weight is 520 g/mol. The number of H-pyrrole nitrogens is 1. The maximum Gasteiger partial charge on any atom is 0.161 e. The van der Waals surface area contributed by atoms with Crippen molar-refractivity contribution in [3.63, 3.8) is 0 Å². The molecule has 0 bridgehead atoms. The minimum atomic E-state index is -0.288. The Morgan fingerprint density at radius 2 is 1.69 bits per heavy atom. The standard InChI is InChI=1S/C30H26FN7O/c31-21-9-6-18(7-10-21)24-16-33-17-26-28(24)37-30(36-26)29-27-19(14-34-38-29)8-11-25(35-27)20-12-23(15-32-13-20)39-22-4-2-1-3-5-22/h6-13,15-17,22,34H,1-5,14H2,(H,36,37). The second-order valence-corrected chi connectivity index (χ2v) is 9.96. The number of aromatic nitrogens is 5. The van der Waals surface area contributed by atoms with Gasteiger partial charge < -0.3 is 15.1 Å². The van der Waals surface area contributed by atoms with Crippen molar-refractivity contribution in [3.05, 3.63) is 90.2 Å². The smallest absolute Gasteiger partial charge is 0.161 e. The van der Waals surface area contributed by atoms with Crippen LogP contribution in [0.15, 0.2) is 72.4 Å². The molecule has 0 spiro atoms. The number of imidazole rings is 1. The highest BCUT2D eigenvalue weighted by atomic mass is 19.1. The van der Waals surface area contributed by atoms with Crippen molar-refractivity contribution in [2.45, 2.75) is 44.8 Å². The first kappa shape index (κ1) is 23.5. The van der Waals surface area contributed by atoms with E-state index in [0.29, 0.717) is 18.1 Å². The number of rotatable bonds is 5. The molecule has 1 aliphatic heterocycles. The molecule has 194 valence electrons. The molecule has 1 fully saturated rings. The minimum absolute atomic E-state index is 0.250. The zero-order valence-electron chi connectivity index (χ0n) is 21.2. The lowest BCUT2D eigenvalue weighted by atomic mass is 9.98. The average Bonchev–Trinajstić information content (AvgIpc) is 3.42. The summed E-state index contributed by atoms with van der Waals surface area (Å²) in [6.07, 6.45) is 13.2. The Morgan fingerprint density at radius 1 is 0.846 bits per heavy atom. The maximum absolute atomic E-state index is 13.5. The van der Waals surface area contributed by atoms with Crippen LogP contribution in [-0.4, -0.2) is 36.7 Å². The fraction of sp³-hybridized carbons (Fsp3) is 0.233. The van der Waals surface area contributed by atoms with E-state index >= 15 is 0 Å². The number of nitrogens with one attached hydrogen (secondary N) is 2. The minimum Gasteiger partial charge on any atom is -0.489 e. The number of pyridine rings is 3. The summed E-state index contributed by atoms with van der Waals surface area (Å²) in [5.41, 5.74) is 10.3. The predicted molar refractivity (Wildman–Crippen MR) is 147 cm³/mol. The third kappa shape index (κ3) is 4.60. The number of hydrogen-bond donors (Lipinski definition) is 2. The van der Waals surface area contributed by atoms with E-state index in [9.17, 15) is 4.39 Å². The quantitative estimate of drug-likeness (QED) is 0.305. The van der Waals surface area contributed by atoms with Crippen molar-refractivity contribution in [2.24, 2.45) is 5.10 Å². The van der Waals surface area contributed by atoms with Crippen LogP contribution in [0, 0.1) is 5.82 Å². The van der Waals surface area contributed by atoms with E-state index in [1.807, 2.05) is 18.3 Å². The molecule has 8 nitrogen and oxygen atoms in total. The lowest BCUT2D eigenvalue weighted by Crippen LogP contribution is -2.23. The zero-order valence-corrected chi connectivity index (χ0v) is 21.2. The highest BCUT2D eigenvalue weighted by Crippen LogP contribution is 2.30. The van der Waals surface area contributed by atoms with E-state index < -0.39 is 0 Å². The molecule has 9 heteroatoms. The number of fused-ring (bicyclic) bond motifs is 2. The van der Waals surface area contributed by atoms with E-state index in [0.717, 1.165) is 63.3 Å². The Kier molecular flexibility index (Phi) is 5.96. The predicted octanol–water partition coefficient (Wildman–Crippen LogP) is 5.79. The van der Waals surface area contributed by atoms with E-state index in [4.69, 9.17) is 14.7 Å². The van der Waals surface area contributed by atoms with Crippen LogP contribution in [0.4, 0.5) is 4.39 Å². The van der Waals surface area contributed by atoms with Crippen molar-refractivity contribution < 1.29 is 9.13 Å². The van der Waals surface area contributed by atoms with Crippen LogP contribution in [-0.2, 0) is 6.54 Å². The second kappa shape index (κ2) is 9.90. The van der Waals surface area contributed by atoms with Gasteiger partial charge in [-0.15, -0.1) is 0 Å². The van der Waals surface area contributed by atoms with Gasteiger partial charge in [0.2, 0.25) is 0 Å². The molecule has 5 heterocycles. The molecular weight excluding hydrogens is 493 g/mol. The molecule has 0 amide bonds. The molecule has 0 unspecified atom stereocenters. The van der Waals surface area contributed by atoms with Gasteiger partial charge in [-0.25, -0.2) is 14.4 Å². The Balaban J connectivity index is 1.23. The molecule has 0 saturated heterocycles. The highest BCUT2D eigenvalue weighted by molar-refractivity contribution is 6.12. The van der Waals surface area contributed by atoms with Crippen LogP contribution >= 0.6 is 0 Å². The Hall–Kier alpha value is -4.66. The van der Waals surface area contributed by atoms with Crippen molar-refractivity contribution >= 4 is 16.7 Å². The van der Waals surface area contributed by atoms with Crippen LogP contribution in [0.25, 0.3) is 33.4 Å². The Bertz CT molecular complexity index is 1690. The zero-order chi connectivity index (χ0) is 26.2. The summed E-state index contributed by atoms with van der Waals surface area (Å²) in [6, 6.07) is 12.4. The van der Waals surface area contributed by atoms with E-state index in [2.05, 4.69) is 31.5 Å². The molecule has 1 aliphatic carbocycles. The summed E-state index contributed by atoms with van der Waals surface area (Å²) < 4.78 is 19.8. The first-order valence-corrected chi connectivity index (χ1v) is 13.2. The van der Waals surface area contributed by atoms with Gasteiger partial charge in [-0.2, -0.15) is 5.10 Å². The number of ether oxygens (including phenoxy) is 1. The monoisotopic (exact) mass is 519 g/mol. The first-order valence-electron chi connectivity index (χ1n) is 13.2. The Morgan fingerprint density at radius 3 is 2.56 bits per heavy atom. The van der Waals surface area contributed by atoms with Crippen LogP contribution in [0.2, 0.25) is 0 Å². The van der Waals surface area contributed by atoms with Gasteiger partial charge in [-0.3, -0.25) is 9.97 Å². The molecule has 4 aromatic heterocycles. The van der Waals surface area contributed by atoms with Gasteiger partial charge >= 0.3 is 0 Å². The second-order valence-electron chi connectivity index (χ2n) is 9.96. The van der Waals surface area contributed by atoms with E-state index in [1.54, 1.807) is 30.7 Å². The number of halogens is 1. The van der Waals surface area contributed by atoms with Gasteiger partial charge in [-0.05, 0) is 55.5 Å². The topological polar surface area (TPSA) is 101 Å². The van der Waals surface area contributed by atoms with Gasteiger partial charge in [0.25, 0.3) is 0 Å². The van der Waals surface area contributed by atoms with Gasteiger partial charge in [0.05, 0.1) is 47.5 Å². The van der Waals surface area contributed by atoms with Gasteiger partial charge in [0.1, 0.15) is 11.6 Å². The summed E-state index contributed by atoms with van der Waals surface area (Å²) >= 11 is 0. The summed E-state index contributed by atoms with van der Waals surface area (Å²) in [4.78, 5) is 22.0. The normalized spacial score (nSPS) is 15.5. The maximum atomic E-state index is 13.5. The van der Waals surface area contributed by atoms with E-state index in [1.165, 1.54) is 31.4 Å². The molecule has 2 aliphatic rings. The fourth-order valence-corrected chi connectivity index (χ4v) is 5.30. The fourth-order valence-electron chi connectivity index (χ4n) is 5.30. The van der Waals surface area contributed by atoms with Gasteiger partial charge in [-0.1, -0.05) is 24.6 Å². The van der Waals surface area contributed by atoms with Crippen molar-refractivity contribution in [1.29, 1.82) is 0 Å². The van der Waals surface area contributed by atoms with Crippen molar-refractivity contribution in [3.8, 4) is 28.1 Å². The summed E-state index contributed by atoms with van der Waals surface area (Å²) in [7, 11) is 0. The molecule has 39 heavy (non-hydrogen) atoms. The molecule has 0 atom stereocenters. The summed E-state index contributed by atoms with van der Waals surface area (Å²) in [5, 5.41) is 4.58. The number of hydrogen-bond acceptors (Lipinski definition) is 7. The Labute approximate surface area is 224 Å². The van der Waals surface area contributed by atoms with Crippen molar-refractivity contribution in [1.82, 2.24) is 30.3 Å². The van der Waals surface area contributed by atoms with Gasteiger partial charge in [0.15, 0.2) is 11.5 Å². The van der Waals surface area contributed by atoms with Crippen LogP contribution < -0.4 is 10.2 Å². The first-order chi connectivity index (χ1) is 19.2. The molecular formula is C30H26FN7O. The summed E-state index contributed by atoms with van der Waals surface area (Å²) in [5.74, 6) is 1.06. The molecule has 2 N–H and O–H groups in total. The van der Waals surface area contributed by atoms with Crippen LogP contribution in [0.3, 0.4) is 0 Å². The number of nitrogens with zero attached hydrogens (tertiary/aromatic N) is 5. The third-order valence-corrected chi connectivity index (χ3v) is 7.30. The van der Waals surface area contributed by atoms with Crippen LogP contribution in [0.1, 0.15) is 49.2 Å². The molecule has 1 aromatic carbocycles. The number of benzene rings is 1. The summed E-state index contributed by atoms with van der Waals surface area (Å²) in [6.45, 7) is 0.567. The molecule has 0 radical (unpaired) electrons. The highest BCUT2D eigenvalue weighted by Gasteiger charge is 2.23. The van der Waals surface area contributed by atoms with E-state index in [-0.39, 0.29) is 11.9 Å². The molecule has 5 aromatic rings. The third-order valence-electron chi connectivity index (χ3n) is 7.30.